The quantitative estimate of drug-likeness (QED) is 0.727. The Morgan fingerprint density at radius 3 is 2.27 bits per heavy atom. The summed E-state index contributed by atoms with van der Waals surface area (Å²) in [5, 5.41) is 3.71. The fourth-order valence-electron chi connectivity index (χ4n) is 0.984. The first-order valence-corrected chi connectivity index (χ1v) is 4.17. The molecule has 1 rings (SSSR count). The van der Waals surface area contributed by atoms with Gasteiger partial charge in [0.2, 0.25) is 0 Å². The van der Waals surface area contributed by atoms with Crippen molar-refractivity contribution in [3.05, 3.63) is 18.0 Å². The maximum absolute atomic E-state index is 12.5. The Morgan fingerprint density at radius 1 is 1.27 bits per heavy atom. The van der Waals surface area contributed by atoms with E-state index in [0.717, 1.165) is 4.68 Å². The van der Waals surface area contributed by atoms with E-state index in [1.807, 2.05) is 0 Å². The van der Waals surface area contributed by atoms with Crippen LogP contribution in [0.4, 0.5) is 22.0 Å². The highest BCUT2D eigenvalue weighted by atomic mass is 19.4. The predicted molar refractivity (Wildman–Crippen MR) is 42.6 cm³/mol. The van der Waals surface area contributed by atoms with E-state index in [1.54, 1.807) is 6.92 Å². The Kier molecular flexibility index (Phi) is 3.01. The standard InChI is InChI=1S/C8H9F5N2/c1-6-2-4-15(14-6)5-3-7(9,10)8(11,12)13/h2,4H,3,5H2,1H3. The Balaban J connectivity index is 2.57. The second-order valence-electron chi connectivity index (χ2n) is 3.17. The maximum Gasteiger partial charge on any atom is 0.453 e. The Morgan fingerprint density at radius 2 is 1.87 bits per heavy atom. The van der Waals surface area contributed by atoms with Crippen LogP contribution in [0.3, 0.4) is 0 Å². The van der Waals surface area contributed by atoms with Crippen molar-refractivity contribution in [2.24, 2.45) is 0 Å². The highest BCUT2D eigenvalue weighted by Gasteiger charge is 2.56. The first kappa shape index (κ1) is 11.9. The van der Waals surface area contributed by atoms with E-state index in [9.17, 15) is 22.0 Å². The third-order valence-corrected chi connectivity index (χ3v) is 1.84. The fourth-order valence-corrected chi connectivity index (χ4v) is 0.984. The fraction of sp³-hybridized carbons (Fsp3) is 0.625. The van der Waals surface area contributed by atoms with Crippen LogP contribution in [0.15, 0.2) is 12.3 Å². The first-order chi connectivity index (χ1) is 6.72. The van der Waals surface area contributed by atoms with E-state index in [1.165, 1.54) is 12.3 Å². The molecule has 0 saturated heterocycles. The number of nitrogens with zero attached hydrogens (tertiary/aromatic N) is 2. The molecule has 0 amide bonds. The summed E-state index contributed by atoms with van der Waals surface area (Å²) in [5.74, 6) is -4.66. The molecule has 1 aromatic rings. The summed E-state index contributed by atoms with van der Waals surface area (Å²) in [5.41, 5.74) is 0.574. The second kappa shape index (κ2) is 3.79. The summed E-state index contributed by atoms with van der Waals surface area (Å²) in [6.45, 7) is 1.17. The molecular formula is C8H9F5N2. The number of rotatable bonds is 3. The van der Waals surface area contributed by atoms with Crippen molar-refractivity contribution in [2.75, 3.05) is 0 Å². The van der Waals surface area contributed by atoms with Crippen molar-refractivity contribution in [1.29, 1.82) is 0 Å². The van der Waals surface area contributed by atoms with Crippen molar-refractivity contribution in [3.8, 4) is 0 Å². The van der Waals surface area contributed by atoms with E-state index >= 15 is 0 Å². The molecule has 0 aliphatic heterocycles. The molecule has 7 heteroatoms. The van der Waals surface area contributed by atoms with Crippen molar-refractivity contribution in [2.45, 2.75) is 32.0 Å². The minimum Gasteiger partial charge on any atom is -0.272 e. The number of halogens is 5. The van der Waals surface area contributed by atoms with Crippen LogP contribution in [-0.2, 0) is 6.54 Å². The zero-order valence-electron chi connectivity index (χ0n) is 7.85. The SMILES string of the molecule is Cc1ccn(CCC(F)(F)C(F)(F)F)n1. The summed E-state index contributed by atoms with van der Waals surface area (Å²) in [7, 11) is 0. The third-order valence-electron chi connectivity index (χ3n) is 1.84. The molecule has 0 unspecified atom stereocenters. The molecule has 0 radical (unpaired) electrons. The van der Waals surface area contributed by atoms with Gasteiger partial charge in [0, 0.05) is 19.2 Å². The molecule has 86 valence electrons. The number of hydrogen-bond donors (Lipinski definition) is 0. The lowest BCUT2D eigenvalue weighted by Gasteiger charge is -2.19. The normalized spacial score (nSPS) is 13.2. The second-order valence-corrected chi connectivity index (χ2v) is 3.17. The Labute approximate surface area is 82.7 Å². The summed E-state index contributed by atoms with van der Waals surface area (Å²) in [6, 6.07) is 1.53. The average molecular weight is 228 g/mol. The molecule has 0 bridgehead atoms. The van der Waals surface area contributed by atoms with Gasteiger partial charge in [-0.3, -0.25) is 4.68 Å². The zero-order chi connectivity index (χ0) is 11.7. The molecule has 0 spiro atoms. The van der Waals surface area contributed by atoms with E-state index in [2.05, 4.69) is 5.10 Å². The smallest absolute Gasteiger partial charge is 0.272 e. The highest BCUT2D eigenvalue weighted by Crippen LogP contribution is 2.38. The molecule has 0 fully saturated rings. The van der Waals surface area contributed by atoms with Gasteiger partial charge in [0.15, 0.2) is 0 Å². The number of aryl methyl sites for hydroxylation is 2. The van der Waals surface area contributed by atoms with Crippen LogP contribution in [0.2, 0.25) is 0 Å². The maximum atomic E-state index is 12.5. The average Bonchev–Trinajstić information content (AvgIpc) is 2.46. The van der Waals surface area contributed by atoms with Gasteiger partial charge in [-0.25, -0.2) is 0 Å². The predicted octanol–water partition coefficient (Wildman–Crippen LogP) is 2.78. The third kappa shape index (κ3) is 2.90. The van der Waals surface area contributed by atoms with Gasteiger partial charge in [0.1, 0.15) is 0 Å². The van der Waals surface area contributed by atoms with Crippen LogP contribution in [0.5, 0.6) is 0 Å². The lowest BCUT2D eigenvalue weighted by molar-refractivity contribution is -0.285. The minimum atomic E-state index is -5.49. The van der Waals surface area contributed by atoms with E-state index < -0.39 is 25.1 Å². The van der Waals surface area contributed by atoms with Crippen molar-refractivity contribution < 1.29 is 22.0 Å². The molecule has 0 N–H and O–H groups in total. The monoisotopic (exact) mass is 228 g/mol. The van der Waals surface area contributed by atoms with Gasteiger partial charge in [0.05, 0.1) is 5.69 Å². The molecule has 1 aromatic heterocycles. The van der Waals surface area contributed by atoms with Crippen LogP contribution >= 0.6 is 0 Å². The molecule has 0 saturated carbocycles. The van der Waals surface area contributed by atoms with Crippen LogP contribution in [0.25, 0.3) is 0 Å². The van der Waals surface area contributed by atoms with Crippen LogP contribution in [-0.4, -0.2) is 21.9 Å². The summed E-state index contributed by atoms with van der Waals surface area (Å²) in [6.07, 6.45) is -5.42. The van der Waals surface area contributed by atoms with Gasteiger partial charge in [-0.15, -0.1) is 0 Å². The summed E-state index contributed by atoms with van der Waals surface area (Å²) >= 11 is 0. The Hall–Kier alpha value is -1.14. The van der Waals surface area contributed by atoms with Gasteiger partial charge < -0.3 is 0 Å². The van der Waals surface area contributed by atoms with Crippen molar-refractivity contribution in [1.82, 2.24) is 9.78 Å². The molecule has 0 aromatic carbocycles. The lowest BCUT2D eigenvalue weighted by Crippen LogP contribution is -2.37. The van der Waals surface area contributed by atoms with E-state index in [-0.39, 0.29) is 0 Å². The molecule has 0 atom stereocenters. The number of alkyl halides is 5. The van der Waals surface area contributed by atoms with Gasteiger partial charge in [-0.1, -0.05) is 0 Å². The van der Waals surface area contributed by atoms with Crippen LogP contribution in [0.1, 0.15) is 12.1 Å². The molecule has 0 aliphatic carbocycles. The molecule has 2 nitrogen and oxygen atoms in total. The number of hydrogen-bond acceptors (Lipinski definition) is 1. The van der Waals surface area contributed by atoms with Crippen LogP contribution in [0, 0.1) is 6.92 Å². The number of aromatic nitrogens is 2. The summed E-state index contributed by atoms with van der Waals surface area (Å²) in [4.78, 5) is 0. The van der Waals surface area contributed by atoms with Crippen molar-refractivity contribution in [3.63, 3.8) is 0 Å². The largest absolute Gasteiger partial charge is 0.453 e. The molecule has 15 heavy (non-hydrogen) atoms. The summed E-state index contributed by atoms with van der Waals surface area (Å²) < 4.78 is 61.3. The van der Waals surface area contributed by atoms with Crippen molar-refractivity contribution >= 4 is 0 Å². The van der Waals surface area contributed by atoms with Gasteiger partial charge in [-0.2, -0.15) is 27.1 Å². The van der Waals surface area contributed by atoms with E-state index in [0.29, 0.717) is 5.69 Å². The lowest BCUT2D eigenvalue weighted by atomic mass is 10.2. The highest BCUT2D eigenvalue weighted by molar-refractivity contribution is 4.94. The van der Waals surface area contributed by atoms with Crippen LogP contribution < -0.4 is 0 Å². The molecule has 1 heterocycles. The molecular weight excluding hydrogens is 219 g/mol. The van der Waals surface area contributed by atoms with Gasteiger partial charge in [0.25, 0.3) is 0 Å². The zero-order valence-corrected chi connectivity index (χ0v) is 7.85. The van der Waals surface area contributed by atoms with Gasteiger partial charge >= 0.3 is 12.1 Å². The molecule has 0 aliphatic rings. The Bertz CT molecular complexity index is 328. The van der Waals surface area contributed by atoms with E-state index in [4.69, 9.17) is 0 Å². The van der Waals surface area contributed by atoms with Gasteiger partial charge in [-0.05, 0) is 13.0 Å². The first-order valence-electron chi connectivity index (χ1n) is 4.17. The minimum absolute atomic E-state index is 0.458. The topological polar surface area (TPSA) is 17.8 Å².